The molecular formula is C19H21N3O3. The van der Waals surface area contributed by atoms with Crippen LogP contribution in [0.1, 0.15) is 18.6 Å². The zero-order valence-corrected chi connectivity index (χ0v) is 14.0. The van der Waals surface area contributed by atoms with Crippen molar-refractivity contribution in [2.24, 2.45) is 0 Å². The van der Waals surface area contributed by atoms with Gasteiger partial charge in [-0.05, 0) is 37.1 Å². The molecule has 0 aliphatic carbocycles. The number of benzene rings is 1. The van der Waals surface area contributed by atoms with E-state index in [9.17, 15) is 9.59 Å². The van der Waals surface area contributed by atoms with Crippen LogP contribution in [0.3, 0.4) is 0 Å². The van der Waals surface area contributed by atoms with Crippen molar-refractivity contribution < 1.29 is 14.0 Å². The second-order valence-electron chi connectivity index (χ2n) is 6.60. The van der Waals surface area contributed by atoms with Crippen LogP contribution in [0, 0.1) is 0 Å². The van der Waals surface area contributed by atoms with E-state index >= 15 is 0 Å². The van der Waals surface area contributed by atoms with E-state index in [4.69, 9.17) is 4.42 Å². The van der Waals surface area contributed by atoms with Gasteiger partial charge in [0.25, 0.3) is 0 Å². The van der Waals surface area contributed by atoms with Gasteiger partial charge in [0.2, 0.25) is 11.8 Å². The molecule has 1 aromatic carbocycles. The van der Waals surface area contributed by atoms with Crippen molar-refractivity contribution in [1.82, 2.24) is 10.2 Å². The van der Waals surface area contributed by atoms with Crippen LogP contribution in [0.5, 0.6) is 0 Å². The van der Waals surface area contributed by atoms with Crippen LogP contribution in [0.15, 0.2) is 53.1 Å². The Hall–Kier alpha value is -2.76. The number of hydrogen-bond acceptors (Lipinski definition) is 4. The molecular weight excluding hydrogens is 318 g/mol. The van der Waals surface area contributed by atoms with Gasteiger partial charge >= 0.3 is 0 Å². The van der Waals surface area contributed by atoms with Gasteiger partial charge in [-0.1, -0.05) is 18.2 Å². The lowest BCUT2D eigenvalue weighted by Gasteiger charge is -2.49. The zero-order valence-electron chi connectivity index (χ0n) is 14.0. The summed E-state index contributed by atoms with van der Waals surface area (Å²) in [5.41, 5.74) is 0.366. The first kappa shape index (κ1) is 15.7. The molecule has 3 heterocycles. The molecule has 2 amide bonds. The predicted molar refractivity (Wildman–Crippen MR) is 92.9 cm³/mol. The summed E-state index contributed by atoms with van der Waals surface area (Å²) in [6, 6.07) is 13.8. The van der Waals surface area contributed by atoms with Gasteiger partial charge in [-0.2, -0.15) is 0 Å². The van der Waals surface area contributed by atoms with Gasteiger partial charge in [0.05, 0.1) is 19.4 Å². The highest BCUT2D eigenvalue weighted by Crippen LogP contribution is 2.34. The van der Waals surface area contributed by atoms with Crippen molar-refractivity contribution >= 4 is 17.5 Å². The van der Waals surface area contributed by atoms with Crippen molar-refractivity contribution in [3.8, 4) is 0 Å². The highest BCUT2D eigenvalue weighted by Gasteiger charge is 2.51. The number of furan rings is 1. The fraction of sp³-hybridized carbons (Fsp3) is 0.368. The summed E-state index contributed by atoms with van der Waals surface area (Å²) in [7, 11) is 0. The molecule has 130 valence electrons. The maximum atomic E-state index is 12.7. The lowest BCUT2D eigenvalue weighted by Crippen LogP contribution is -2.69. The predicted octanol–water partition coefficient (Wildman–Crippen LogP) is 1.78. The van der Waals surface area contributed by atoms with Crippen molar-refractivity contribution in [1.29, 1.82) is 0 Å². The minimum Gasteiger partial charge on any atom is -0.467 e. The Morgan fingerprint density at radius 3 is 2.48 bits per heavy atom. The number of rotatable bonds is 3. The van der Waals surface area contributed by atoms with E-state index in [1.165, 1.54) is 0 Å². The van der Waals surface area contributed by atoms with E-state index in [0.717, 1.165) is 18.8 Å². The Labute approximate surface area is 146 Å². The van der Waals surface area contributed by atoms with Crippen molar-refractivity contribution in [3.63, 3.8) is 0 Å². The van der Waals surface area contributed by atoms with Crippen LogP contribution in [0.25, 0.3) is 0 Å². The molecule has 6 nitrogen and oxygen atoms in total. The number of carbonyl (C=O) groups is 2. The van der Waals surface area contributed by atoms with Gasteiger partial charge in [-0.15, -0.1) is 0 Å². The Morgan fingerprint density at radius 1 is 1.04 bits per heavy atom. The van der Waals surface area contributed by atoms with E-state index in [1.807, 2.05) is 24.3 Å². The minimum absolute atomic E-state index is 0.0497. The van der Waals surface area contributed by atoms with Gasteiger partial charge < -0.3 is 19.5 Å². The Morgan fingerprint density at radius 2 is 1.80 bits per heavy atom. The molecule has 1 spiro atoms. The van der Waals surface area contributed by atoms with Gasteiger partial charge in [0.15, 0.2) is 0 Å². The maximum Gasteiger partial charge on any atom is 0.246 e. The number of para-hydroxylation sites is 1. The van der Waals surface area contributed by atoms with Crippen LogP contribution in [0.4, 0.5) is 5.69 Å². The number of piperazine rings is 1. The Balaban J connectivity index is 1.57. The fourth-order valence-corrected chi connectivity index (χ4v) is 3.85. The third kappa shape index (κ3) is 2.77. The third-order valence-electron chi connectivity index (χ3n) is 5.25. The van der Waals surface area contributed by atoms with Crippen LogP contribution in [-0.4, -0.2) is 41.9 Å². The molecule has 0 unspecified atom stereocenters. The molecule has 2 aliphatic rings. The van der Waals surface area contributed by atoms with E-state index in [1.54, 1.807) is 17.2 Å². The number of piperidine rings is 1. The average molecular weight is 339 g/mol. The number of anilines is 1. The van der Waals surface area contributed by atoms with E-state index in [-0.39, 0.29) is 18.4 Å². The summed E-state index contributed by atoms with van der Waals surface area (Å²) < 4.78 is 5.41. The quantitative estimate of drug-likeness (QED) is 0.926. The van der Waals surface area contributed by atoms with Gasteiger partial charge in [-0.25, -0.2) is 0 Å². The fourth-order valence-electron chi connectivity index (χ4n) is 3.85. The molecule has 4 rings (SSSR count). The minimum atomic E-state index is -0.784. The second-order valence-corrected chi connectivity index (χ2v) is 6.60. The molecule has 2 aromatic rings. The second kappa shape index (κ2) is 6.27. The van der Waals surface area contributed by atoms with Gasteiger partial charge in [-0.3, -0.25) is 9.59 Å². The first-order valence-corrected chi connectivity index (χ1v) is 8.60. The third-order valence-corrected chi connectivity index (χ3v) is 5.25. The topological polar surface area (TPSA) is 65.8 Å². The number of carbonyl (C=O) groups excluding carboxylic acids is 2. The molecule has 0 atom stereocenters. The summed E-state index contributed by atoms with van der Waals surface area (Å²) in [5.74, 6) is 0.600. The Kier molecular flexibility index (Phi) is 3.95. The van der Waals surface area contributed by atoms with Crippen LogP contribution < -0.4 is 10.2 Å². The number of hydrogen-bond donors (Lipinski definition) is 1. The molecule has 1 N–H and O–H groups in total. The lowest BCUT2D eigenvalue weighted by atomic mass is 9.82. The number of nitrogens with zero attached hydrogens (tertiary/aromatic N) is 2. The molecule has 25 heavy (non-hydrogen) atoms. The molecule has 1 aromatic heterocycles. The average Bonchev–Trinajstić information content (AvgIpc) is 3.17. The highest BCUT2D eigenvalue weighted by atomic mass is 16.3. The van der Waals surface area contributed by atoms with Crippen molar-refractivity contribution in [3.05, 3.63) is 54.5 Å². The summed E-state index contributed by atoms with van der Waals surface area (Å²) in [5, 5.41) is 2.78. The highest BCUT2D eigenvalue weighted by molar-refractivity contribution is 5.98. The molecule has 2 saturated heterocycles. The monoisotopic (exact) mass is 339 g/mol. The SMILES string of the molecule is O=C1CNC(=O)C2(CCN(c3ccccc3)CC2)N1Cc1ccco1. The summed E-state index contributed by atoms with van der Waals surface area (Å²) in [6.07, 6.45) is 2.81. The molecule has 0 radical (unpaired) electrons. The van der Waals surface area contributed by atoms with E-state index in [2.05, 4.69) is 22.3 Å². The zero-order chi connectivity index (χ0) is 17.3. The molecule has 6 heteroatoms. The summed E-state index contributed by atoms with van der Waals surface area (Å²) >= 11 is 0. The Bertz CT molecular complexity index is 749. The van der Waals surface area contributed by atoms with Crippen molar-refractivity contribution in [2.45, 2.75) is 24.9 Å². The van der Waals surface area contributed by atoms with Crippen LogP contribution in [-0.2, 0) is 16.1 Å². The smallest absolute Gasteiger partial charge is 0.246 e. The molecule has 0 saturated carbocycles. The first-order valence-electron chi connectivity index (χ1n) is 8.60. The number of nitrogens with one attached hydrogen (secondary N) is 1. The molecule has 2 aliphatic heterocycles. The van der Waals surface area contributed by atoms with Crippen molar-refractivity contribution in [2.75, 3.05) is 24.5 Å². The molecule has 0 bridgehead atoms. The van der Waals surface area contributed by atoms with Crippen LogP contribution in [0.2, 0.25) is 0 Å². The van der Waals surface area contributed by atoms with E-state index in [0.29, 0.717) is 25.1 Å². The first-order chi connectivity index (χ1) is 12.2. The molecule has 2 fully saturated rings. The normalized spacial score (nSPS) is 20.0. The summed E-state index contributed by atoms with van der Waals surface area (Å²) in [4.78, 5) is 29.3. The largest absolute Gasteiger partial charge is 0.467 e. The summed E-state index contributed by atoms with van der Waals surface area (Å²) in [6.45, 7) is 1.87. The lowest BCUT2D eigenvalue weighted by molar-refractivity contribution is -0.156. The standard InChI is InChI=1S/C19H21N3O3/c23-17-13-20-18(24)19(22(17)14-16-7-4-12-25-16)8-10-21(11-9-19)15-5-2-1-3-6-15/h1-7,12H,8-11,13-14H2,(H,20,24). The van der Waals surface area contributed by atoms with Gasteiger partial charge in [0, 0.05) is 18.8 Å². The van der Waals surface area contributed by atoms with E-state index < -0.39 is 5.54 Å². The maximum absolute atomic E-state index is 12.7. The number of amides is 2. The van der Waals surface area contributed by atoms with Gasteiger partial charge in [0.1, 0.15) is 11.3 Å². The van der Waals surface area contributed by atoms with Crippen LogP contribution >= 0.6 is 0 Å².